The summed E-state index contributed by atoms with van der Waals surface area (Å²) >= 11 is 1.19. The van der Waals surface area contributed by atoms with Crippen LogP contribution in [0, 0.1) is 6.92 Å². The molecule has 150 valence electrons. The average molecular weight is 406 g/mol. The number of esters is 2. The molecule has 1 amide bonds. The monoisotopic (exact) mass is 406 g/mol. The van der Waals surface area contributed by atoms with Gasteiger partial charge in [-0.1, -0.05) is 0 Å². The van der Waals surface area contributed by atoms with E-state index in [-0.39, 0.29) is 13.1 Å². The number of hydrogen-bond donors (Lipinski definition) is 0. The van der Waals surface area contributed by atoms with Gasteiger partial charge in [0, 0.05) is 5.56 Å². The van der Waals surface area contributed by atoms with Crippen LogP contribution >= 0.6 is 11.3 Å². The Labute approximate surface area is 167 Å². The highest BCUT2D eigenvalue weighted by atomic mass is 32.1. The Balaban J connectivity index is 2.28. The maximum Gasteiger partial charge on any atom is 0.325 e. The van der Waals surface area contributed by atoms with Crippen molar-refractivity contribution in [2.75, 3.05) is 33.9 Å². The highest BCUT2D eigenvalue weighted by Gasteiger charge is 2.26. The van der Waals surface area contributed by atoms with Crippen LogP contribution in [-0.2, 0) is 19.1 Å². The Morgan fingerprint density at radius 1 is 1.04 bits per heavy atom. The van der Waals surface area contributed by atoms with Crippen LogP contribution in [0.3, 0.4) is 0 Å². The van der Waals surface area contributed by atoms with Gasteiger partial charge in [-0.25, -0.2) is 4.98 Å². The number of aromatic nitrogens is 1. The molecule has 0 aliphatic heterocycles. The lowest BCUT2D eigenvalue weighted by Gasteiger charge is -2.19. The maximum absolute atomic E-state index is 12.9. The molecule has 0 spiro atoms. The molecule has 0 N–H and O–H groups in total. The Morgan fingerprint density at radius 2 is 1.61 bits per heavy atom. The van der Waals surface area contributed by atoms with E-state index in [1.54, 1.807) is 6.92 Å². The number of carbonyl (C=O) groups is 3. The summed E-state index contributed by atoms with van der Waals surface area (Å²) in [5.41, 5.74) is 1.35. The molecule has 0 aliphatic carbocycles. The van der Waals surface area contributed by atoms with Crippen LogP contribution in [0.15, 0.2) is 24.3 Å². The van der Waals surface area contributed by atoms with Gasteiger partial charge in [0.05, 0.1) is 26.5 Å². The number of methoxy groups -OCH3 is 2. The van der Waals surface area contributed by atoms with E-state index in [0.717, 1.165) is 16.2 Å². The molecule has 9 heteroatoms. The third-order valence-corrected chi connectivity index (χ3v) is 4.98. The van der Waals surface area contributed by atoms with Gasteiger partial charge < -0.3 is 19.1 Å². The first-order valence-corrected chi connectivity index (χ1v) is 9.34. The van der Waals surface area contributed by atoms with Crippen molar-refractivity contribution in [3.8, 4) is 16.3 Å². The van der Waals surface area contributed by atoms with E-state index in [9.17, 15) is 14.4 Å². The molecule has 28 heavy (non-hydrogen) atoms. The van der Waals surface area contributed by atoms with E-state index in [4.69, 9.17) is 4.74 Å². The molecule has 0 bridgehead atoms. The summed E-state index contributed by atoms with van der Waals surface area (Å²) in [6.07, 6.45) is 0. The van der Waals surface area contributed by atoms with Crippen molar-refractivity contribution in [2.24, 2.45) is 0 Å². The third-order valence-electron chi connectivity index (χ3n) is 3.79. The number of aryl methyl sites for hydroxylation is 1. The number of hydrogen-bond acceptors (Lipinski definition) is 8. The predicted octanol–water partition coefficient (Wildman–Crippen LogP) is 2.31. The average Bonchev–Trinajstić information content (AvgIpc) is 3.09. The molecule has 0 saturated carbocycles. The first kappa shape index (κ1) is 21.4. The maximum atomic E-state index is 12.9. The van der Waals surface area contributed by atoms with Gasteiger partial charge >= 0.3 is 11.9 Å². The van der Waals surface area contributed by atoms with Gasteiger partial charge in [0.2, 0.25) is 0 Å². The Bertz CT molecular complexity index is 829. The van der Waals surface area contributed by atoms with Crippen LogP contribution in [-0.4, -0.2) is 61.6 Å². The number of amides is 1. The van der Waals surface area contributed by atoms with Crippen LogP contribution in [0.5, 0.6) is 5.75 Å². The van der Waals surface area contributed by atoms with Crippen molar-refractivity contribution in [1.29, 1.82) is 0 Å². The topological polar surface area (TPSA) is 95.0 Å². The summed E-state index contributed by atoms with van der Waals surface area (Å²) in [5.74, 6) is -1.00. The molecule has 0 aliphatic rings. The zero-order chi connectivity index (χ0) is 20.7. The summed E-state index contributed by atoms with van der Waals surface area (Å²) in [5, 5.41) is 0.653. The standard InChI is InChI=1S/C19H22N2O6S/c1-5-27-14-8-6-13(7-9-14)18-20-12(2)17(28-18)19(24)21(10-15(22)25-3)11-16(23)26-4/h6-9H,5,10-11H2,1-4H3. The summed E-state index contributed by atoms with van der Waals surface area (Å²) in [4.78, 5) is 42.1. The second kappa shape index (κ2) is 9.84. The Morgan fingerprint density at radius 3 is 2.11 bits per heavy atom. The van der Waals surface area contributed by atoms with E-state index in [0.29, 0.717) is 22.2 Å². The fourth-order valence-electron chi connectivity index (χ4n) is 2.36. The minimum atomic E-state index is -0.633. The Kier molecular flexibility index (Phi) is 7.51. The summed E-state index contributed by atoms with van der Waals surface area (Å²) in [6, 6.07) is 7.38. The summed E-state index contributed by atoms with van der Waals surface area (Å²) < 4.78 is 14.6. The normalized spacial score (nSPS) is 10.3. The van der Waals surface area contributed by atoms with Crippen molar-refractivity contribution in [2.45, 2.75) is 13.8 Å². The molecule has 1 aromatic heterocycles. The molecule has 0 unspecified atom stereocenters. The summed E-state index contributed by atoms with van der Waals surface area (Å²) in [7, 11) is 2.43. The number of carbonyl (C=O) groups excluding carboxylic acids is 3. The SMILES string of the molecule is CCOc1ccc(-c2nc(C)c(C(=O)N(CC(=O)OC)CC(=O)OC)s2)cc1. The number of benzene rings is 1. The van der Waals surface area contributed by atoms with E-state index >= 15 is 0 Å². The first-order chi connectivity index (χ1) is 13.4. The van der Waals surface area contributed by atoms with Gasteiger partial charge in [0.15, 0.2) is 0 Å². The number of rotatable bonds is 8. The quantitative estimate of drug-likeness (QED) is 0.621. The summed E-state index contributed by atoms with van der Waals surface area (Å²) in [6.45, 7) is 3.46. The van der Waals surface area contributed by atoms with E-state index < -0.39 is 17.8 Å². The molecular weight excluding hydrogens is 384 g/mol. The van der Waals surface area contributed by atoms with Crippen LogP contribution in [0.2, 0.25) is 0 Å². The van der Waals surface area contributed by atoms with Crippen LogP contribution in [0.1, 0.15) is 22.3 Å². The van der Waals surface area contributed by atoms with Gasteiger partial charge in [0.1, 0.15) is 28.7 Å². The van der Waals surface area contributed by atoms with Crippen LogP contribution < -0.4 is 4.74 Å². The second-order valence-corrected chi connectivity index (χ2v) is 6.70. The smallest absolute Gasteiger partial charge is 0.325 e. The minimum Gasteiger partial charge on any atom is -0.494 e. The highest BCUT2D eigenvalue weighted by Crippen LogP contribution is 2.30. The van der Waals surface area contributed by atoms with E-state index in [2.05, 4.69) is 14.5 Å². The lowest BCUT2D eigenvalue weighted by atomic mass is 10.2. The molecule has 2 aromatic rings. The van der Waals surface area contributed by atoms with Crippen molar-refractivity contribution in [3.05, 3.63) is 34.8 Å². The Hall–Kier alpha value is -2.94. The van der Waals surface area contributed by atoms with Gasteiger partial charge in [-0.05, 0) is 38.1 Å². The van der Waals surface area contributed by atoms with E-state index in [1.807, 2.05) is 31.2 Å². The van der Waals surface area contributed by atoms with Crippen molar-refractivity contribution >= 4 is 29.2 Å². The van der Waals surface area contributed by atoms with E-state index in [1.165, 1.54) is 25.6 Å². The second-order valence-electron chi connectivity index (χ2n) is 5.70. The molecule has 0 fully saturated rings. The number of nitrogens with zero attached hydrogens (tertiary/aromatic N) is 2. The molecule has 0 saturated heterocycles. The largest absolute Gasteiger partial charge is 0.494 e. The molecular formula is C19H22N2O6S. The minimum absolute atomic E-state index is 0.344. The van der Waals surface area contributed by atoms with Crippen molar-refractivity contribution in [1.82, 2.24) is 9.88 Å². The third kappa shape index (κ3) is 5.29. The molecule has 2 rings (SSSR count). The fraction of sp³-hybridized carbons (Fsp3) is 0.368. The van der Waals surface area contributed by atoms with Crippen LogP contribution in [0.4, 0.5) is 0 Å². The highest BCUT2D eigenvalue weighted by molar-refractivity contribution is 7.17. The number of ether oxygens (including phenoxy) is 3. The fourth-order valence-corrected chi connectivity index (χ4v) is 3.40. The molecule has 1 heterocycles. The van der Waals surface area contributed by atoms with Crippen molar-refractivity contribution < 1.29 is 28.6 Å². The lowest BCUT2D eigenvalue weighted by Crippen LogP contribution is -2.40. The molecule has 1 aromatic carbocycles. The van der Waals surface area contributed by atoms with Crippen LogP contribution in [0.25, 0.3) is 10.6 Å². The first-order valence-electron chi connectivity index (χ1n) is 8.53. The van der Waals surface area contributed by atoms with Gasteiger partial charge in [-0.2, -0.15) is 0 Å². The zero-order valence-electron chi connectivity index (χ0n) is 16.2. The lowest BCUT2D eigenvalue weighted by molar-refractivity contribution is -0.144. The van der Waals surface area contributed by atoms with Gasteiger partial charge in [-0.3, -0.25) is 14.4 Å². The molecule has 8 nitrogen and oxygen atoms in total. The zero-order valence-corrected chi connectivity index (χ0v) is 17.0. The predicted molar refractivity (Wildman–Crippen MR) is 103 cm³/mol. The molecule has 0 radical (unpaired) electrons. The molecule has 0 atom stereocenters. The number of thiazole rings is 1. The van der Waals surface area contributed by atoms with Gasteiger partial charge in [0.25, 0.3) is 5.91 Å². The van der Waals surface area contributed by atoms with Crippen molar-refractivity contribution in [3.63, 3.8) is 0 Å². The van der Waals surface area contributed by atoms with Gasteiger partial charge in [-0.15, -0.1) is 11.3 Å².